The number of aryl methyl sites for hydroxylation is 2. The van der Waals surface area contributed by atoms with Crippen molar-refractivity contribution in [2.75, 3.05) is 6.54 Å². The number of hydrogen-bond acceptors (Lipinski definition) is 8. The summed E-state index contributed by atoms with van der Waals surface area (Å²) < 4.78 is 42.2. The van der Waals surface area contributed by atoms with E-state index in [0.29, 0.717) is 17.7 Å². The summed E-state index contributed by atoms with van der Waals surface area (Å²) in [6.07, 6.45) is 2.57. The van der Waals surface area contributed by atoms with Crippen LogP contribution in [0, 0.1) is 12.3 Å². The molecule has 204 valence electrons. The zero-order chi connectivity index (χ0) is 27.7. The number of hydrogen-bond donors (Lipinski definition) is 1. The minimum atomic E-state index is -3.94. The van der Waals surface area contributed by atoms with E-state index >= 15 is 0 Å². The monoisotopic (exact) mass is 543 g/mol. The van der Waals surface area contributed by atoms with Gasteiger partial charge in [0.05, 0.1) is 30.9 Å². The summed E-state index contributed by atoms with van der Waals surface area (Å²) in [4.78, 5) is 16.3. The second-order valence-corrected chi connectivity index (χ2v) is 11.9. The van der Waals surface area contributed by atoms with Gasteiger partial charge >= 0.3 is 5.97 Å². The maximum atomic E-state index is 13.6. The van der Waals surface area contributed by atoms with Gasteiger partial charge in [0.25, 0.3) is 10.0 Å². The lowest BCUT2D eigenvalue weighted by Crippen LogP contribution is -2.37. The summed E-state index contributed by atoms with van der Waals surface area (Å²) in [7, 11) is -2.21. The second-order valence-electron chi connectivity index (χ2n) is 10.0. The van der Waals surface area contributed by atoms with Crippen LogP contribution in [0.1, 0.15) is 55.7 Å². The molecule has 38 heavy (non-hydrogen) atoms. The van der Waals surface area contributed by atoms with Gasteiger partial charge in [0.1, 0.15) is 11.8 Å². The molecule has 11 nitrogen and oxygen atoms in total. The first-order valence-corrected chi connectivity index (χ1v) is 13.8. The molecule has 0 radical (unpaired) electrons. The van der Waals surface area contributed by atoms with Crippen LogP contribution < -0.4 is 4.74 Å². The lowest BCUT2D eigenvalue weighted by Gasteiger charge is -2.31. The largest absolute Gasteiger partial charge is 0.486 e. The highest BCUT2D eigenvalue weighted by atomic mass is 32.2. The van der Waals surface area contributed by atoms with Gasteiger partial charge in [0, 0.05) is 19.8 Å². The van der Waals surface area contributed by atoms with Crippen molar-refractivity contribution in [3.05, 3.63) is 65.1 Å². The van der Waals surface area contributed by atoms with Crippen LogP contribution >= 0.6 is 0 Å². The Balaban J connectivity index is 1.69. The second kappa shape index (κ2) is 10.8. The fourth-order valence-electron chi connectivity index (χ4n) is 4.36. The molecule has 3 heterocycles. The van der Waals surface area contributed by atoms with Crippen molar-refractivity contribution in [2.45, 2.75) is 64.5 Å². The maximum Gasteiger partial charge on any atom is 0.312 e. The van der Waals surface area contributed by atoms with Crippen LogP contribution in [-0.2, 0) is 39.8 Å². The smallest absolute Gasteiger partial charge is 0.312 e. The Bertz CT molecular complexity index is 1420. The number of aromatic nitrogens is 4. The van der Waals surface area contributed by atoms with Crippen LogP contribution in [0.5, 0.6) is 5.75 Å². The first kappa shape index (κ1) is 27.7. The van der Waals surface area contributed by atoms with Crippen LogP contribution in [-0.4, -0.2) is 56.4 Å². The molecule has 1 aliphatic rings. The lowest BCUT2D eigenvalue weighted by atomic mass is 9.81. The summed E-state index contributed by atoms with van der Waals surface area (Å²) >= 11 is 0. The summed E-state index contributed by atoms with van der Waals surface area (Å²) in [6, 6.07) is 8.76. The summed E-state index contributed by atoms with van der Waals surface area (Å²) in [6.45, 7) is 7.32. The number of benzene rings is 1. The average Bonchev–Trinajstić information content (AvgIpc) is 3.25. The summed E-state index contributed by atoms with van der Waals surface area (Å²) in [5, 5.41) is 17.8. The zero-order valence-electron chi connectivity index (χ0n) is 22.2. The van der Waals surface area contributed by atoms with E-state index in [-0.39, 0.29) is 36.6 Å². The summed E-state index contributed by atoms with van der Waals surface area (Å²) in [5.41, 5.74) is 1.50. The van der Waals surface area contributed by atoms with Gasteiger partial charge in [0.15, 0.2) is 5.75 Å². The molecule has 12 heteroatoms. The molecule has 0 aliphatic carbocycles. The lowest BCUT2D eigenvalue weighted by molar-refractivity contribution is -0.158. The van der Waals surface area contributed by atoms with Crippen molar-refractivity contribution in [2.24, 2.45) is 12.5 Å². The fourth-order valence-corrected chi connectivity index (χ4v) is 5.84. The molecule has 1 aliphatic heterocycles. The van der Waals surface area contributed by atoms with E-state index in [1.165, 1.54) is 10.5 Å². The molecule has 1 N–H and O–H groups in total. The highest BCUT2D eigenvalue weighted by Crippen LogP contribution is 2.39. The average molecular weight is 544 g/mol. The number of pyridine rings is 1. The standard InChI is InChI=1S/C26H33N5O6S/c1-6-21-15-31(38(34,35)24-22(37-21)8-7-11-27-24)13-19-12-18(10-9-17(19)2)23(26(3,4)25(32)33)36-16-20-14-30(5)29-28-20/h7-12,14,21,23H,6,13,15-16H2,1-5H3,(H,32,33)/t21-,23-/m1/s1. The molecular weight excluding hydrogens is 510 g/mol. The number of carboxylic acid groups (broad SMARTS) is 1. The molecule has 2 atom stereocenters. The molecule has 0 amide bonds. The highest BCUT2D eigenvalue weighted by Gasteiger charge is 2.40. The molecule has 0 fully saturated rings. The number of nitrogens with zero attached hydrogens (tertiary/aromatic N) is 5. The Morgan fingerprint density at radius 1 is 1.32 bits per heavy atom. The van der Waals surface area contributed by atoms with Gasteiger partial charge < -0.3 is 14.6 Å². The molecule has 0 unspecified atom stereocenters. The third kappa shape index (κ3) is 5.57. The topological polar surface area (TPSA) is 137 Å². The highest BCUT2D eigenvalue weighted by molar-refractivity contribution is 7.89. The Hall–Kier alpha value is -3.35. The minimum Gasteiger partial charge on any atom is -0.486 e. The number of fused-ring (bicyclic) bond motifs is 1. The molecular formula is C26H33N5O6S. The number of ether oxygens (including phenoxy) is 2. The van der Waals surface area contributed by atoms with E-state index in [1.54, 1.807) is 43.9 Å². The van der Waals surface area contributed by atoms with Crippen LogP contribution in [0.25, 0.3) is 0 Å². The van der Waals surface area contributed by atoms with Crippen molar-refractivity contribution in [1.82, 2.24) is 24.3 Å². The van der Waals surface area contributed by atoms with E-state index in [9.17, 15) is 18.3 Å². The van der Waals surface area contributed by atoms with Crippen LogP contribution in [0.4, 0.5) is 0 Å². The third-order valence-electron chi connectivity index (χ3n) is 6.75. The van der Waals surface area contributed by atoms with Gasteiger partial charge in [-0.3, -0.25) is 9.48 Å². The Labute approximate surface area is 222 Å². The van der Waals surface area contributed by atoms with Gasteiger partial charge in [-0.05, 0) is 56.0 Å². The Morgan fingerprint density at radius 3 is 2.74 bits per heavy atom. The first-order valence-electron chi connectivity index (χ1n) is 12.3. The molecule has 3 aromatic rings. The van der Waals surface area contributed by atoms with Gasteiger partial charge in [-0.2, -0.15) is 4.31 Å². The maximum absolute atomic E-state index is 13.6. The predicted octanol–water partition coefficient (Wildman–Crippen LogP) is 3.25. The normalized spacial score (nSPS) is 18.3. The van der Waals surface area contributed by atoms with E-state index in [1.807, 2.05) is 32.0 Å². The van der Waals surface area contributed by atoms with Crippen molar-refractivity contribution >= 4 is 16.0 Å². The van der Waals surface area contributed by atoms with Crippen molar-refractivity contribution in [1.29, 1.82) is 0 Å². The molecule has 0 saturated heterocycles. The number of carbonyl (C=O) groups is 1. The fraction of sp³-hybridized carbons (Fsp3) is 0.462. The Kier molecular flexibility index (Phi) is 7.86. The van der Waals surface area contributed by atoms with E-state index in [0.717, 1.165) is 11.1 Å². The van der Waals surface area contributed by atoms with E-state index < -0.39 is 27.5 Å². The van der Waals surface area contributed by atoms with Crippen LogP contribution in [0.3, 0.4) is 0 Å². The predicted molar refractivity (Wildman–Crippen MR) is 138 cm³/mol. The van der Waals surface area contributed by atoms with E-state index in [4.69, 9.17) is 9.47 Å². The van der Waals surface area contributed by atoms with E-state index in [2.05, 4.69) is 15.3 Å². The van der Waals surface area contributed by atoms with Gasteiger partial charge in [-0.1, -0.05) is 30.3 Å². The molecule has 4 rings (SSSR count). The SMILES string of the molecule is CC[C@@H]1CN(Cc2cc([C@@H](OCc3cn(C)nn3)C(C)(C)C(=O)O)ccc2C)S(=O)(=O)c2ncccc2O1. The van der Waals surface area contributed by atoms with Crippen LogP contribution in [0.2, 0.25) is 0 Å². The van der Waals surface area contributed by atoms with Crippen LogP contribution in [0.15, 0.2) is 47.8 Å². The van der Waals surface area contributed by atoms with Crippen molar-refractivity contribution in [3.8, 4) is 5.75 Å². The third-order valence-corrected chi connectivity index (χ3v) is 8.51. The van der Waals surface area contributed by atoms with Crippen molar-refractivity contribution < 1.29 is 27.8 Å². The zero-order valence-corrected chi connectivity index (χ0v) is 23.0. The quantitative estimate of drug-likeness (QED) is 0.431. The molecule has 0 saturated carbocycles. The number of aliphatic carboxylic acids is 1. The van der Waals surface area contributed by atoms with Gasteiger partial charge in [-0.25, -0.2) is 13.4 Å². The Morgan fingerprint density at radius 2 is 2.08 bits per heavy atom. The minimum absolute atomic E-state index is 0.0664. The molecule has 2 aromatic heterocycles. The molecule has 0 bridgehead atoms. The van der Waals surface area contributed by atoms with Gasteiger partial charge in [-0.15, -0.1) is 5.10 Å². The summed E-state index contributed by atoms with van der Waals surface area (Å²) in [5.74, 6) is -0.780. The van der Waals surface area contributed by atoms with Crippen molar-refractivity contribution in [3.63, 3.8) is 0 Å². The molecule has 1 aromatic carbocycles. The number of rotatable bonds is 9. The first-order chi connectivity index (χ1) is 17.9. The number of carboxylic acids is 1. The number of sulfonamides is 1. The molecule has 0 spiro atoms. The van der Waals surface area contributed by atoms with Gasteiger partial charge in [0.2, 0.25) is 5.03 Å².